The molecule has 0 saturated carbocycles. The van der Waals surface area contributed by atoms with Crippen LogP contribution in [0.25, 0.3) is 0 Å². The molecule has 3 nitrogen and oxygen atoms in total. The van der Waals surface area contributed by atoms with Gasteiger partial charge in [-0.15, -0.1) is 0 Å². The summed E-state index contributed by atoms with van der Waals surface area (Å²) in [7, 11) is 0. The SMILES string of the molecule is N[C@@H](CCF)c1ccc(Oc2ccccc2)c(Oc2ccccc2)c1. The van der Waals surface area contributed by atoms with Crippen molar-refractivity contribution >= 4 is 0 Å². The van der Waals surface area contributed by atoms with Crippen molar-refractivity contribution in [1.82, 2.24) is 0 Å². The number of para-hydroxylation sites is 2. The zero-order valence-corrected chi connectivity index (χ0v) is 13.8. The standard InChI is InChI=1S/C21H20FNO2/c22-14-13-19(23)16-11-12-20(24-17-7-3-1-4-8-17)21(15-16)25-18-9-5-2-6-10-18/h1-12,15,19H,13-14,23H2/t19-/m0/s1. The van der Waals surface area contributed by atoms with E-state index in [1.807, 2.05) is 72.8 Å². The van der Waals surface area contributed by atoms with Gasteiger partial charge in [0.15, 0.2) is 11.5 Å². The molecule has 0 unspecified atom stereocenters. The molecular formula is C21H20FNO2. The second-order valence-corrected chi connectivity index (χ2v) is 5.62. The third kappa shape index (κ3) is 4.58. The van der Waals surface area contributed by atoms with E-state index in [2.05, 4.69) is 0 Å². The molecule has 0 heterocycles. The Hall–Kier alpha value is -2.85. The second kappa shape index (κ2) is 8.31. The Morgan fingerprint density at radius 2 is 1.32 bits per heavy atom. The Balaban J connectivity index is 1.92. The summed E-state index contributed by atoms with van der Waals surface area (Å²) in [5.74, 6) is 2.52. The first kappa shape index (κ1) is 17.0. The van der Waals surface area contributed by atoms with E-state index in [0.717, 1.165) is 5.56 Å². The third-order valence-electron chi connectivity index (χ3n) is 3.76. The lowest BCUT2D eigenvalue weighted by Crippen LogP contribution is -2.11. The van der Waals surface area contributed by atoms with Crippen LogP contribution < -0.4 is 15.2 Å². The van der Waals surface area contributed by atoms with Gasteiger partial charge in [0.05, 0.1) is 6.67 Å². The van der Waals surface area contributed by atoms with E-state index in [1.165, 1.54) is 0 Å². The second-order valence-electron chi connectivity index (χ2n) is 5.62. The highest BCUT2D eigenvalue weighted by Gasteiger charge is 2.13. The fourth-order valence-corrected chi connectivity index (χ4v) is 2.43. The summed E-state index contributed by atoms with van der Waals surface area (Å²) < 4.78 is 24.5. The van der Waals surface area contributed by atoms with Crippen LogP contribution in [-0.2, 0) is 0 Å². The zero-order valence-electron chi connectivity index (χ0n) is 13.8. The van der Waals surface area contributed by atoms with Crippen LogP contribution in [0.4, 0.5) is 4.39 Å². The molecule has 3 aromatic rings. The van der Waals surface area contributed by atoms with Crippen LogP contribution >= 0.6 is 0 Å². The molecule has 0 aliphatic rings. The Bertz CT molecular complexity index is 794. The molecule has 0 aliphatic heterocycles. The molecule has 0 bridgehead atoms. The minimum atomic E-state index is -0.460. The minimum absolute atomic E-state index is 0.268. The molecule has 0 radical (unpaired) electrons. The monoisotopic (exact) mass is 337 g/mol. The molecule has 4 heteroatoms. The minimum Gasteiger partial charge on any atom is -0.453 e. The number of hydrogen-bond acceptors (Lipinski definition) is 3. The van der Waals surface area contributed by atoms with E-state index in [4.69, 9.17) is 15.2 Å². The van der Waals surface area contributed by atoms with E-state index < -0.39 is 6.67 Å². The summed E-state index contributed by atoms with van der Waals surface area (Å²) in [6.07, 6.45) is 0.268. The Kier molecular flexibility index (Phi) is 5.65. The normalized spacial score (nSPS) is 11.8. The molecule has 0 saturated heterocycles. The van der Waals surface area contributed by atoms with Crippen molar-refractivity contribution in [3.05, 3.63) is 84.4 Å². The summed E-state index contributed by atoms with van der Waals surface area (Å²) in [6.45, 7) is -0.460. The van der Waals surface area contributed by atoms with Crippen LogP contribution in [0.1, 0.15) is 18.0 Å². The van der Waals surface area contributed by atoms with Gasteiger partial charge in [-0.1, -0.05) is 42.5 Å². The number of rotatable bonds is 7. The summed E-state index contributed by atoms with van der Waals surface area (Å²) in [6, 6.07) is 24.0. The van der Waals surface area contributed by atoms with Crippen LogP contribution in [0.15, 0.2) is 78.9 Å². The first-order chi connectivity index (χ1) is 12.3. The molecule has 3 rings (SSSR count). The molecule has 1 atom stereocenters. The van der Waals surface area contributed by atoms with Crippen molar-refractivity contribution in [2.75, 3.05) is 6.67 Å². The average Bonchev–Trinajstić information content (AvgIpc) is 2.65. The van der Waals surface area contributed by atoms with Gasteiger partial charge < -0.3 is 15.2 Å². The van der Waals surface area contributed by atoms with Crippen LogP contribution in [-0.4, -0.2) is 6.67 Å². The molecule has 0 aromatic heterocycles. The van der Waals surface area contributed by atoms with E-state index in [1.54, 1.807) is 6.07 Å². The Labute approximate surface area is 146 Å². The first-order valence-corrected chi connectivity index (χ1v) is 8.17. The van der Waals surface area contributed by atoms with Crippen LogP contribution in [0.5, 0.6) is 23.0 Å². The van der Waals surface area contributed by atoms with E-state index in [0.29, 0.717) is 23.0 Å². The fraction of sp³-hybridized carbons (Fsp3) is 0.143. The van der Waals surface area contributed by atoms with Crippen LogP contribution in [0.3, 0.4) is 0 Å². The van der Waals surface area contributed by atoms with Crippen molar-refractivity contribution in [3.63, 3.8) is 0 Å². The first-order valence-electron chi connectivity index (χ1n) is 8.17. The molecule has 25 heavy (non-hydrogen) atoms. The summed E-state index contributed by atoms with van der Waals surface area (Å²) in [4.78, 5) is 0. The van der Waals surface area contributed by atoms with Gasteiger partial charge in [0.2, 0.25) is 0 Å². The lowest BCUT2D eigenvalue weighted by Gasteiger charge is -2.16. The van der Waals surface area contributed by atoms with Gasteiger partial charge >= 0.3 is 0 Å². The highest BCUT2D eigenvalue weighted by molar-refractivity contribution is 5.48. The predicted octanol–water partition coefficient (Wildman–Crippen LogP) is 5.63. The lowest BCUT2D eigenvalue weighted by molar-refractivity contribution is 0.415. The van der Waals surface area contributed by atoms with Gasteiger partial charge in [-0.25, -0.2) is 0 Å². The van der Waals surface area contributed by atoms with Crippen molar-refractivity contribution in [1.29, 1.82) is 0 Å². The van der Waals surface area contributed by atoms with Gasteiger partial charge in [0.25, 0.3) is 0 Å². The molecule has 0 spiro atoms. The number of hydrogen-bond donors (Lipinski definition) is 1. The maximum absolute atomic E-state index is 12.6. The highest BCUT2D eigenvalue weighted by Crippen LogP contribution is 2.36. The van der Waals surface area contributed by atoms with Crippen LogP contribution in [0.2, 0.25) is 0 Å². The molecule has 0 amide bonds. The number of ether oxygens (including phenoxy) is 2. The van der Waals surface area contributed by atoms with Gasteiger partial charge in [-0.05, 0) is 48.4 Å². The maximum Gasteiger partial charge on any atom is 0.170 e. The number of benzene rings is 3. The fourth-order valence-electron chi connectivity index (χ4n) is 2.43. The van der Waals surface area contributed by atoms with Crippen molar-refractivity contribution in [2.45, 2.75) is 12.5 Å². The summed E-state index contributed by atoms with van der Waals surface area (Å²) >= 11 is 0. The molecule has 128 valence electrons. The predicted molar refractivity (Wildman–Crippen MR) is 97.0 cm³/mol. The highest BCUT2D eigenvalue weighted by atomic mass is 19.1. The zero-order chi connectivity index (χ0) is 17.5. The Morgan fingerprint density at radius 1 is 0.760 bits per heavy atom. The van der Waals surface area contributed by atoms with Gasteiger partial charge in [0.1, 0.15) is 11.5 Å². The van der Waals surface area contributed by atoms with Gasteiger partial charge in [-0.2, -0.15) is 0 Å². The van der Waals surface area contributed by atoms with Crippen molar-refractivity contribution in [3.8, 4) is 23.0 Å². The van der Waals surface area contributed by atoms with Gasteiger partial charge in [0, 0.05) is 6.04 Å². The molecular weight excluding hydrogens is 317 g/mol. The largest absolute Gasteiger partial charge is 0.453 e. The number of halogens is 1. The number of alkyl halides is 1. The van der Waals surface area contributed by atoms with E-state index in [-0.39, 0.29) is 12.5 Å². The van der Waals surface area contributed by atoms with Crippen LogP contribution in [0, 0.1) is 0 Å². The van der Waals surface area contributed by atoms with Crippen molar-refractivity contribution < 1.29 is 13.9 Å². The van der Waals surface area contributed by atoms with E-state index in [9.17, 15) is 4.39 Å². The lowest BCUT2D eigenvalue weighted by atomic mass is 10.0. The Morgan fingerprint density at radius 3 is 1.88 bits per heavy atom. The smallest absolute Gasteiger partial charge is 0.170 e. The third-order valence-corrected chi connectivity index (χ3v) is 3.76. The molecule has 0 aliphatic carbocycles. The summed E-state index contributed by atoms with van der Waals surface area (Å²) in [5.41, 5.74) is 6.84. The van der Waals surface area contributed by atoms with Gasteiger partial charge in [-0.3, -0.25) is 4.39 Å². The molecule has 3 aromatic carbocycles. The summed E-state index contributed by atoms with van der Waals surface area (Å²) in [5, 5.41) is 0. The van der Waals surface area contributed by atoms with E-state index >= 15 is 0 Å². The quantitative estimate of drug-likeness (QED) is 0.607. The topological polar surface area (TPSA) is 44.5 Å². The maximum atomic E-state index is 12.6. The average molecular weight is 337 g/mol. The van der Waals surface area contributed by atoms with Crippen molar-refractivity contribution in [2.24, 2.45) is 5.73 Å². The molecule has 0 fully saturated rings. The molecule has 2 N–H and O–H groups in total. The number of nitrogens with two attached hydrogens (primary N) is 1.